The first-order chi connectivity index (χ1) is 8.72. The minimum atomic E-state index is 0.0145. The molecule has 1 aromatic carbocycles. The normalized spacial score (nSPS) is 9.56. The van der Waals surface area contributed by atoms with Crippen molar-refractivity contribution < 1.29 is 0 Å². The van der Waals surface area contributed by atoms with E-state index in [9.17, 15) is 4.79 Å². The van der Waals surface area contributed by atoms with Crippen molar-refractivity contribution in [2.75, 3.05) is 0 Å². The lowest BCUT2D eigenvalue weighted by molar-refractivity contribution is 0.926. The topological polar surface area (TPSA) is 22.0 Å². The van der Waals surface area contributed by atoms with Crippen molar-refractivity contribution in [2.24, 2.45) is 0 Å². The summed E-state index contributed by atoms with van der Waals surface area (Å²) < 4.78 is 1.71. The summed E-state index contributed by atoms with van der Waals surface area (Å²) in [6, 6.07) is 13.3. The minimum Gasteiger partial charge on any atom is -0.282 e. The average molecular weight is 308 g/mol. The molecule has 2 nitrogen and oxygen atoms in total. The van der Waals surface area contributed by atoms with Crippen LogP contribution in [0.15, 0.2) is 47.3 Å². The number of benzene rings is 1. The van der Waals surface area contributed by atoms with Crippen LogP contribution in [0.1, 0.15) is 25.1 Å². The molecule has 0 aliphatic heterocycles. The van der Waals surface area contributed by atoms with E-state index >= 15 is 0 Å². The van der Waals surface area contributed by atoms with Crippen molar-refractivity contribution in [3.8, 4) is 5.69 Å². The Hall–Kier alpha value is -1.35. The summed E-state index contributed by atoms with van der Waals surface area (Å²) in [5.41, 5.74) is 2.88. The Morgan fingerprint density at radius 2 is 1.72 bits per heavy atom. The van der Waals surface area contributed by atoms with E-state index in [4.69, 9.17) is 0 Å². The summed E-state index contributed by atoms with van der Waals surface area (Å²) >= 11 is 3.36. The van der Waals surface area contributed by atoms with Crippen LogP contribution in [-0.4, -0.2) is 4.57 Å². The molecule has 18 heavy (non-hydrogen) atoms. The van der Waals surface area contributed by atoms with Gasteiger partial charge in [0.2, 0.25) is 0 Å². The van der Waals surface area contributed by atoms with Gasteiger partial charge in [0.25, 0.3) is 5.56 Å². The third-order valence-corrected chi connectivity index (χ3v) is 3.09. The Kier molecular flexibility index (Phi) is 5.86. The molecular weight excluding hydrogens is 290 g/mol. The van der Waals surface area contributed by atoms with Crippen LogP contribution >= 0.6 is 15.9 Å². The van der Waals surface area contributed by atoms with E-state index in [1.54, 1.807) is 10.6 Å². The van der Waals surface area contributed by atoms with Gasteiger partial charge in [-0.2, -0.15) is 0 Å². The number of hydrogen-bond acceptors (Lipinski definition) is 1. The number of alkyl halides is 1. The van der Waals surface area contributed by atoms with E-state index in [-0.39, 0.29) is 5.56 Å². The summed E-state index contributed by atoms with van der Waals surface area (Å²) in [4.78, 5) is 12.0. The first-order valence-corrected chi connectivity index (χ1v) is 7.18. The van der Waals surface area contributed by atoms with E-state index in [2.05, 4.69) is 15.9 Å². The van der Waals surface area contributed by atoms with Crippen LogP contribution in [0.2, 0.25) is 0 Å². The molecule has 0 atom stereocenters. The van der Waals surface area contributed by atoms with E-state index < -0.39 is 0 Å². The van der Waals surface area contributed by atoms with Gasteiger partial charge in [0, 0.05) is 22.8 Å². The van der Waals surface area contributed by atoms with Gasteiger partial charge in [-0.3, -0.25) is 9.36 Å². The Balaban J connectivity index is 0.000000771. The van der Waals surface area contributed by atoms with Gasteiger partial charge in [-0.15, -0.1) is 0 Å². The van der Waals surface area contributed by atoms with Crippen molar-refractivity contribution in [1.29, 1.82) is 0 Å². The molecular formula is C15H18BrNO. The minimum absolute atomic E-state index is 0.0145. The second-order valence-corrected chi connectivity index (χ2v) is 4.21. The SMILES string of the molecule is CC.Cc1cc(CBr)cc(=O)n1-c1ccccc1. The maximum atomic E-state index is 12.0. The maximum Gasteiger partial charge on any atom is 0.255 e. The molecule has 0 saturated carbocycles. The molecule has 3 heteroatoms. The third-order valence-electron chi connectivity index (χ3n) is 2.44. The van der Waals surface area contributed by atoms with Crippen LogP contribution in [0.5, 0.6) is 0 Å². The fourth-order valence-electron chi connectivity index (χ4n) is 1.76. The zero-order valence-electron chi connectivity index (χ0n) is 11.0. The summed E-state index contributed by atoms with van der Waals surface area (Å²) in [7, 11) is 0. The average Bonchev–Trinajstić information content (AvgIpc) is 2.41. The van der Waals surface area contributed by atoms with Crippen LogP contribution in [0, 0.1) is 6.92 Å². The lowest BCUT2D eigenvalue weighted by Crippen LogP contribution is -2.20. The number of aromatic nitrogens is 1. The van der Waals surface area contributed by atoms with Gasteiger partial charge in [0.15, 0.2) is 0 Å². The summed E-state index contributed by atoms with van der Waals surface area (Å²) in [6.07, 6.45) is 0. The van der Waals surface area contributed by atoms with Crippen molar-refractivity contribution in [1.82, 2.24) is 4.57 Å². The van der Waals surface area contributed by atoms with E-state index in [0.717, 1.165) is 16.9 Å². The largest absolute Gasteiger partial charge is 0.282 e. The van der Waals surface area contributed by atoms with Gasteiger partial charge >= 0.3 is 0 Å². The number of pyridine rings is 1. The number of rotatable bonds is 2. The van der Waals surface area contributed by atoms with Gasteiger partial charge in [-0.25, -0.2) is 0 Å². The smallest absolute Gasteiger partial charge is 0.255 e. The van der Waals surface area contributed by atoms with Gasteiger partial charge in [0.1, 0.15) is 0 Å². The molecule has 0 aliphatic carbocycles. The maximum absolute atomic E-state index is 12.0. The molecule has 0 spiro atoms. The molecule has 1 aromatic heterocycles. The van der Waals surface area contributed by atoms with Crippen LogP contribution in [0.3, 0.4) is 0 Å². The van der Waals surface area contributed by atoms with E-state index in [0.29, 0.717) is 5.33 Å². The van der Waals surface area contributed by atoms with E-state index in [1.807, 2.05) is 57.2 Å². The molecule has 0 fully saturated rings. The molecule has 0 bridgehead atoms. The van der Waals surface area contributed by atoms with Crippen molar-refractivity contribution in [3.05, 3.63) is 64.1 Å². The Labute approximate surface area is 116 Å². The highest BCUT2D eigenvalue weighted by molar-refractivity contribution is 9.08. The Morgan fingerprint density at radius 3 is 2.22 bits per heavy atom. The highest BCUT2D eigenvalue weighted by Crippen LogP contribution is 2.10. The van der Waals surface area contributed by atoms with Crippen molar-refractivity contribution >= 4 is 15.9 Å². The molecule has 0 amide bonds. The molecule has 0 aliphatic rings. The quantitative estimate of drug-likeness (QED) is 0.767. The molecule has 0 unspecified atom stereocenters. The van der Waals surface area contributed by atoms with Crippen molar-refractivity contribution in [2.45, 2.75) is 26.1 Å². The van der Waals surface area contributed by atoms with Gasteiger partial charge in [-0.05, 0) is 30.7 Å². The third kappa shape index (κ3) is 3.33. The van der Waals surface area contributed by atoms with Crippen LogP contribution in [0.4, 0.5) is 0 Å². The molecule has 0 N–H and O–H groups in total. The zero-order chi connectivity index (χ0) is 13.5. The number of para-hydroxylation sites is 1. The molecule has 0 radical (unpaired) electrons. The predicted molar refractivity (Wildman–Crippen MR) is 80.8 cm³/mol. The van der Waals surface area contributed by atoms with Crippen molar-refractivity contribution in [3.63, 3.8) is 0 Å². The molecule has 0 saturated heterocycles. The fourth-order valence-corrected chi connectivity index (χ4v) is 2.08. The second-order valence-electron chi connectivity index (χ2n) is 3.65. The zero-order valence-corrected chi connectivity index (χ0v) is 12.6. The predicted octanol–water partition coefficient (Wildman–Crippen LogP) is 4.07. The van der Waals surface area contributed by atoms with Gasteiger partial charge in [0.05, 0.1) is 0 Å². The number of hydrogen-bond donors (Lipinski definition) is 0. The first-order valence-electron chi connectivity index (χ1n) is 6.06. The lowest BCUT2D eigenvalue weighted by Gasteiger charge is -2.10. The standard InChI is InChI=1S/C13H12BrNO.C2H6/c1-10-7-11(9-14)8-13(16)15(10)12-5-3-2-4-6-12;1-2/h2-8H,9H2,1H3;1-2H3. The lowest BCUT2D eigenvalue weighted by atomic mass is 10.2. The molecule has 2 rings (SSSR count). The monoisotopic (exact) mass is 307 g/mol. The number of halogens is 1. The summed E-state index contributed by atoms with van der Waals surface area (Å²) in [5, 5.41) is 0.707. The van der Waals surface area contributed by atoms with Gasteiger partial charge in [-0.1, -0.05) is 48.0 Å². The van der Waals surface area contributed by atoms with Crippen LogP contribution in [0.25, 0.3) is 5.69 Å². The summed E-state index contributed by atoms with van der Waals surface area (Å²) in [6.45, 7) is 5.94. The van der Waals surface area contributed by atoms with E-state index in [1.165, 1.54) is 0 Å². The van der Waals surface area contributed by atoms with Crippen LogP contribution < -0.4 is 5.56 Å². The highest BCUT2D eigenvalue weighted by Gasteiger charge is 2.04. The highest BCUT2D eigenvalue weighted by atomic mass is 79.9. The Morgan fingerprint density at radius 1 is 1.11 bits per heavy atom. The molecule has 1 heterocycles. The molecule has 96 valence electrons. The number of nitrogens with zero attached hydrogens (tertiary/aromatic N) is 1. The Bertz CT molecular complexity index is 546. The molecule has 2 aromatic rings. The second kappa shape index (κ2) is 7.17. The van der Waals surface area contributed by atoms with Crippen LogP contribution in [-0.2, 0) is 5.33 Å². The summed E-state index contributed by atoms with van der Waals surface area (Å²) in [5.74, 6) is 0. The van der Waals surface area contributed by atoms with Gasteiger partial charge < -0.3 is 0 Å². The number of aryl methyl sites for hydroxylation is 1. The fraction of sp³-hybridized carbons (Fsp3) is 0.267. The first kappa shape index (κ1) is 14.7.